The fraction of sp³-hybridized carbons (Fsp3) is 0.417. The molecule has 0 radical (unpaired) electrons. The van der Waals surface area contributed by atoms with Crippen LogP contribution in [0.4, 0.5) is 5.13 Å². The van der Waals surface area contributed by atoms with Crippen LogP contribution in [0.5, 0.6) is 0 Å². The number of nitrogens with two attached hydrogens (primary N) is 1. The minimum absolute atomic E-state index is 0.0143. The minimum atomic E-state index is -0.0143. The molecule has 5 nitrogen and oxygen atoms in total. The van der Waals surface area contributed by atoms with Gasteiger partial charge in [-0.2, -0.15) is 0 Å². The summed E-state index contributed by atoms with van der Waals surface area (Å²) in [5.74, 6) is 0. The van der Waals surface area contributed by atoms with Crippen molar-refractivity contribution in [3.05, 3.63) is 28.2 Å². The molecule has 0 atom stereocenters. The van der Waals surface area contributed by atoms with E-state index in [-0.39, 0.29) is 5.56 Å². The van der Waals surface area contributed by atoms with E-state index in [2.05, 4.69) is 17.1 Å². The van der Waals surface area contributed by atoms with Crippen LogP contribution < -0.4 is 11.3 Å². The molecule has 2 rings (SSSR count). The number of nitrogens with zero attached hydrogens (tertiary/aromatic N) is 3. The lowest BCUT2D eigenvalue weighted by Gasteiger charge is -2.10. The van der Waals surface area contributed by atoms with Gasteiger partial charge in [0.05, 0.1) is 5.56 Å². The second-order valence-corrected chi connectivity index (χ2v) is 5.15. The molecule has 2 aromatic rings. The molecule has 0 fully saturated rings. The van der Waals surface area contributed by atoms with Crippen molar-refractivity contribution in [2.75, 3.05) is 5.73 Å². The van der Waals surface area contributed by atoms with Gasteiger partial charge in [0.1, 0.15) is 0 Å². The summed E-state index contributed by atoms with van der Waals surface area (Å²) < 4.78 is 1.79. The first-order valence-corrected chi connectivity index (χ1v) is 6.75. The van der Waals surface area contributed by atoms with E-state index in [0.717, 1.165) is 25.1 Å². The molecule has 0 saturated heterocycles. The average Bonchev–Trinajstić information content (AvgIpc) is 2.76. The highest BCUT2D eigenvalue weighted by molar-refractivity contribution is 7.18. The van der Waals surface area contributed by atoms with E-state index >= 15 is 0 Å². The summed E-state index contributed by atoms with van der Waals surface area (Å²) >= 11 is 1.24. The SMILES string of the molecule is CCCCn1c(C)ccc(-c2nnc(N)s2)c1=O. The second-order valence-electron chi connectivity index (χ2n) is 4.14. The Morgan fingerprint density at radius 1 is 1.39 bits per heavy atom. The Balaban J connectivity index is 2.47. The molecule has 96 valence electrons. The summed E-state index contributed by atoms with van der Waals surface area (Å²) in [5.41, 5.74) is 7.08. The fourth-order valence-corrected chi connectivity index (χ4v) is 2.40. The normalized spacial score (nSPS) is 10.8. The molecule has 18 heavy (non-hydrogen) atoms. The van der Waals surface area contributed by atoms with Gasteiger partial charge in [-0.3, -0.25) is 4.79 Å². The molecule has 0 saturated carbocycles. The third-order valence-electron chi connectivity index (χ3n) is 2.80. The zero-order chi connectivity index (χ0) is 13.1. The maximum atomic E-state index is 12.4. The highest BCUT2D eigenvalue weighted by Gasteiger charge is 2.12. The van der Waals surface area contributed by atoms with Gasteiger partial charge in [-0.05, 0) is 25.5 Å². The lowest BCUT2D eigenvalue weighted by molar-refractivity contribution is 0.600. The average molecular weight is 264 g/mol. The van der Waals surface area contributed by atoms with Crippen LogP contribution in [-0.2, 0) is 6.54 Å². The molecule has 0 spiro atoms. The van der Waals surface area contributed by atoms with Crippen molar-refractivity contribution >= 4 is 16.5 Å². The number of unbranched alkanes of at least 4 members (excludes halogenated alkanes) is 1. The number of hydrogen-bond acceptors (Lipinski definition) is 5. The molecule has 0 aliphatic carbocycles. The van der Waals surface area contributed by atoms with Crippen LogP contribution >= 0.6 is 11.3 Å². The first kappa shape index (κ1) is 12.8. The number of hydrogen-bond donors (Lipinski definition) is 1. The fourth-order valence-electron chi connectivity index (χ4n) is 1.77. The van der Waals surface area contributed by atoms with Crippen LogP contribution in [-0.4, -0.2) is 14.8 Å². The summed E-state index contributed by atoms with van der Waals surface area (Å²) in [4.78, 5) is 12.4. The van der Waals surface area contributed by atoms with Gasteiger partial charge in [0.2, 0.25) is 5.13 Å². The molecule has 2 aromatic heterocycles. The van der Waals surface area contributed by atoms with Crippen LogP contribution in [0.25, 0.3) is 10.6 Å². The van der Waals surface area contributed by atoms with Crippen LogP contribution in [0, 0.1) is 6.92 Å². The van der Waals surface area contributed by atoms with E-state index in [4.69, 9.17) is 5.73 Å². The predicted octanol–water partition coefficient (Wildman–Crippen LogP) is 2.06. The summed E-state index contributed by atoms with van der Waals surface area (Å²) in [6.45, 7) is 4.79. The number of pyridine rings is 1. The number of rotatable bonds is 4. The third-order valence-corrected chi connectivity index (χ3v) is 3.58. The van der Waals surface area contributed by atoms with Gasteiger partial charge in [0.15, 0.2) is 5.01 Å². The Labute approximate surface area is 109 Å². The molecule has 0 bridgehead atoms. The largest absolute Gasteiger partial charge is 0.374 e. The summed E-state index contributed by atoms with van der Waals surface area (Å²) in [6.07, 6.45) is 2.05. The number of aryl methyl sites for hydroxylation is 1. The standard InChI is InChI=1S/C12H16N4OS/c1-3-4-7-16-8(2)5-6-9(11(16)17)10-14-15-12(13)18-10/h5-6H,3-4,7H2,1-2H3,(H2,13,15). The smallest absolute Gasteiger partial charge is 0.261 e. The Morgan fingerprint density at radius 2 is 2.17 bits per heavy atom. The summed E-state index contributed by atoms with van der Waals surface area (Å²) in [6, 6.07) is 3.73. The second kappa shape index (κ2) is 5.30. The van der Waals surface area contributed by atoms with E-state index in [1.165, 1.54) is 11.3 Å². The highest BCUT2D eigenvalue weighted by atomic mass is 32.1. The third kappa shape index (κ3) is 2.43. The van der Waals surface area contributed by atoms with E-state index < -0.39 is 0 Å². The Bertz CT molecular complexity index is 602. The number of anilines is 1. The number of nitrogen functional groups attached to an aromatic ring is 1. The van der Waals surface area contributed by atoms with Gasteiger partial charge >= 0.3 is 0 Å². The van der Waals surface area contributed by atoms with E-state index in [1.54, 1.807) is 10.6 Å². The van der Waals surface area contributed by atoms with Crippen molar-refractivity contribution < 1.29 is 0 Å². The molecule has 2 heterocycles. The van der Waals surface area contributed by atoms with E-state index in [1.807, 2.05) is 13.0 Å². The lowest BCUT2D eigenvalue weighted by atomic mass is 10.2. The van der Waals surface area contributed by atoms with Gasteiger partial charge in [-0.15, -0.1) is 10.2 Å². The van der Waals surface area contributed by atoms with Crippen molar-refractivity contribution in [2.45, 2.75) is 33.2 Å². The minimum Gasteiger partial charge on any atom is -0.374 e. The molecule has 0 aliphatic rings. The van der Waals surface area contributed by atoms with Crippen molar-refractivity contribution in [1.29, 1.82) is 0 Å². The van der Waals surface area contributed by atoms with Crippen LogP contribution in [0.15, 0.2) is 16.9 Å². The van der Waals surface area contributed by atoms with Gasteiger partial charge in [0.25, 0.3) is 5.56 Å². The maximum Gasteiger partial charge on any atom is 0.261 e. The van der Waals surface area contributed by atoms with Crippen molar-refractivity contribution in [3.63, 3.8) is 0 Å². The van der Waals surface area contributed by atoms with Crippen LogP contribution in [0.1, 0.15) is 25.5 Å². The predicted molar refractivity (Wildman–Crippen MR) is 73.7 cm³/mol. The maximum absolute atomic E-state index is 12.4. The van der Waals surface area contributed by atoms with E-state index in [9.17, 15) is 4.79 Å². The molecular formula is C12H16N4OS. The van der Waals surface area contributed by atoms with Crippen LogP contribution in [0.2, 0.25) is 0 Å². The zero-order valence-corrected chi connectivity index (χ0v) is 11.3. The monoisotopic (exact) mass is 264 g/mol. The Morgan fingerprint density at radius 3 is 2.78 bits per heavy atom. The molecule has 0 unspecified atom stereocenters. The molecule has 0 aromatic carbocycles. The highest BCUT2D eigenvalue weighted by Crippen LogP contribution is 2.21. The topological polar surface area (TPSA) is 73.8 Å². The van der Waals surface area contributed by atoms with Crippen LogP contribution in [0.3, 0.4) is 0 Å². The zero-order valence-electron chi connectivity index (χ0n) is 10.5. The first-order valence-electron chi connectivity index (χ1n) is 5.93. The molecule has 0 amide bonds. The first-order chi connectivity index (χ1) is 8.63. The Hall–Kier alpha value is -1.69. The van der Waals surface area contributed by atoms with Crippen molar-refractivity contribution in [1.82, 2.24) is 14.8 Å². The molecule has 2 N–H and O–H groups in total. The Kier molecular flexibility index (Phi) is 3.76. The van der Waals surface area contributed by atoms with Gasteiger partial charge in [-0.25, -0.2) is 0 Å². The van der Waals surface area contributed by atoms with Crippen molar-refractivity contribution in [3.8, 4) is 10.6 Å². The van der Waals surface area contributed by atoms with Gasteiger partial charge in [-0.1, -0.05) is 24.7 Å². The summed E-state index contributed by atoms with van der Waals surface area (Å²) in [5, 5.41) is 8.64. The number of aromatic nitrogens is 3. The summed E-state index contributed by atoms with van der Waals surface area (Å²) in [7, 11) is 0. The van der Waals surface area contributed by atoms with E-state index in [0.29, 0.717) is 15.7 Å². The molecule has 0 aliphatic heterocycles. The van der Waals surface area contributed by atoms with Gasteiger partial charge in [0, 0.05) is 12.2 Å². The lowest BCUT2D eigenvalue weighted by Crippen LogP contribution is -2.23. The van der Waals surface area contributed by atoms with Crippen molar-refractivity contribution in [2.24, 2.45) is 0 Å². The molecular weight excluding hydrogens is 248 g/mol. The van der Waals surface area contributed by atoms with Gasteiger partial charge < -0.3 is 10.3 Å². The quantitative estimate of drug-likeness (QED) is 0.917. The molecule has 6 heteroatoms.